The fraction of sp³-hybridized carbons (Fsp3) is 0.500. The highest BCUT2D eigenvalue weighted by Gasteiger charge is 2.34. The zero-order chi connectivity index (χ0) is 10.8. The number of nitrogens with one attached hydrogen (secondary N) is 1. The summed E-state index contributed by atoms with van der Waals surface area (Å²) in [6, 6.07) is 0. The Hall–Kier alpha value is -1.65. The van der Waals surface area contributed by atoms with Crippen molar-refractivity contribution in [1.29, 1.82) is 0 Å². The molecule has 0 unspecified atom stereocenters. The molecular formula is C10H13N3O2. The normalized spacial score (nSPS) is 32.4. The first-order valence-electron chi connectivity index (χ1n) is 4.98. The van der Waals surface area contributed by atoms with Gasteiger partial charge in [0.2, 0.25) is 0 Å². The molecule has 1 fully saturated rings. The average molecular weight is 207 g/mol. The van der Waals surface area contributed by atoms with Crippen LogP contribution >= 0.6 is 0 Å². The summed E-state index contributed by atoms with van der Waals surface area (Å²) in [5, 5.41) is 3.73. The van der Waals surface area contributed by atoms with E-state index >= 15 is 0 Å². The molecule has 0 spiro atoms. The van der Waals surface area contributed by atoms with Crippen LogP contribution in [0.1, 0.15) is 12.8 Å². The van der Waals surface area contributed by atoms with Crippen LogP contribution < -0.4 is 11.2 Å². The highest BCUT2D eigenvalue weighted by Crippen LogP contribution is 2.42. The fourth-order valence-electron chi connectivity index (χ4n) is 2.24. The maximum atomic E-state index is 10.8. The lowest BCUT2D eigenvalue weighted by molar-refractivity contribution is -0.137. The van der Waals surface area contributed by atoms with Gasteiger partial charge in [0.05, 0.1) is 0 Å². The van der Waals surface area contributed by atoms with Crippen molar-refractivity contribution >= 4 is 18.0 Å². The molecule has 3 N–H and O–H groups in total. The molecule has 0 saturated heterocycles. The third-order valence-corrected chi connectivity index (χ3v) is 2.99. The van der Waals surface area contributed by atoms with E-state index < -0.39 is 11.8 Å². The standard InChI is InChI=1S/C10H13N3O2/c11-9(14)10(15)13-12-5-8-4-6-1-2-7(8)3-6/h1-2,5-8H,3-4H2,(H2,11,14)(H,13,15)/b12-5-/t6-,7-,8+/m1/s1. The Morgan fingerprint density at radius 2 is 2.20 bits per heavy atom. The van der Waals surface area contributed by atoms with Crippen LogP contribution in [0.3, 0.4) is 0 Å². The number of amides is 2. The van der Waals surface area contributed by atoms with Crippen molar-refractivity contribution in [3.05, 3.63) is 12.2 Å². The van der Waals surface area contributed by atoms with Gasteiger partial charge in [-0.05, 0) is 24.7 Å². The molecule has 5 heteroatoms. The number of allylic oxidation sites excluding steroid dienone is 2. The predicted octanol–water partition coefficient (Wildman–Crippen LogP) is -0.214. The average Bonchev–Trinajstić information content (AvgIpc) is 2.78. The Balaban J connectivity index is 1.83. The van der Waals surface area contributed by atoms with Gasteiger partial charge in [0.1, 0.15) is 0 Å². The number of carbonyl (C=O) groups excluding carboxylic acids is 2. The van der Waals surface area contributed by atoms with Gasteiger partial charge >= 0.3 is 11.8 Å². The molecule has 0 heterocycles. The minimum atomic E-state index is -1.01. The van der Waals surface area contributed by atoms with Gasteiger partial charge in [0.25, 0.3) is 0 Å². The molecule has 0 aromatic rings. The summed E-state index contributed by atoms with van der Waals surface area (Å²) < 4.78 is 0. The highest BCUT2D eigenvalue weighted by molar-refractivity contribution is 6.34. The van der Waals surface area contributed by atoms with Crippen LogP contribution in [0, 0.1) is 17.8 Å². The lowest BCUT2D eigenvalue weighted by atomic mass is 9.95. The van der Waals surface area contributed by atoms with Gasteiger partial charge in [-0.2, -0.15) is 5.10 Å². The van der Waals surface area contributed by atoms with Gasteiger partial charge in [-0.1, -0.05) is 12.2 Å². The molecule has 0 aliphatic heterocycles. The third kappa shape index (κ3) is 2.06. The second kappa shape index (κ2) is 3.84. The fourth-order valence-corrected chi connectivity index (χ4v) is 2.24. The number of hydrogen-bond donors (Lipinski definition) is 2. The van der Waals surface area contributed by atoms with Crippen molar-refractivity contribution < 1.29 is 9.59 Å². The first-order chi connectivity index (χ1) is 7.16. The molecule has 2 bridgehead atoms. The van der Waals surface area contributed by atoms with Crippen molar-refractivity contribution in [2.45, 2.75) is 12.8 Å². The number of fused-ring (bicyclic) bond motifs is 2. The molecule has 0 aromatic carbocycles. The van der Waals surface area contributed by atoms with Crippen molar-refractivity contribution in [1.82, 2.24) is 5.43 Å². The number of hydrogen-bond acceptors (Lipinski definition) is 3. The second-order valence-corrected chi connectivity index (χ2v) is 4.03. The Kier molecular flexibility index (Phi) is 2.53. The minimum Gasteiger partial charge on any atom is -0.361 e. The lowest BCUT2D eigenvalue weighted by Crippen LogP contribution is -2.33. The van der Waals surface area contributed by atoms with Crippen LogP contribution in [0.4, 0.5) is 0 Å². The molecule has 2 aliphatic carbocycles. The summed E-state index contributed by atoms with van der Waals surface area (Å²) in [4.78, 5) is 21.1. The second-order valence-electron chi connectivity index (χ2n) is 4.03. The van der Waals surface area contributed by atoms with Crippen LogP contribution in [0.25, 0.3) is 0 Å². The summed E-state index contributed by atoms with van der Waals surface area (Å²) in [7, 11) is 0. The zero-order valence-electron chi connectivity index (χ0n) is 8.22. The van der Waals surface area contributed by atoms with E-state index in [1.54, 1.807) is 6.21 Å². The van der Waals surface area contributed by atoms with Crippen LogP contribution in [0.5, 0.6) is 0 Å². The summed E-state index contributed by atoms with van der Waals surface area (Å²) in [5.41, 5.74) is 6.86. The Bertz CT molecular complexity index is 349. The van der Waals surface area contributed by atoms with Gasteiger partial charge in [-0.3, -0.25) is 9.59 Å². The van der Waals surface area contributed by atoms with E-state index in [-0.39, 0.29) is 0 Å². The first kappa shape index (κ1) is 9.89. The van der Waals surface area contributed by atoms with Crippen molar-refractivity contribution in [2.75, 3.05) is 0 Å². The first-order valence-corrected chi connectivity index (χ1v) is 4.98. The molecule has 80 valence electrons. The molecule has 3 atom stereocenters. The number of nitrogens with zero attached hydrogens (tertiary/aromatic N) is 1. The maximum Gasteiger partial charge on any atom is 0.329 e. The van der Waals surface area contributed by atoms with E-state index in [0.29, 0.717) is 17.8 Å². The molecule has 1 saturated carbocycles. The number of nitrogens with two attached hydrogens (primary N) is 1. The zero-order valence-corrected chi connectivity index (χ0v) is 8.22. The SMILES string of the molecule is NC(=O)C(=O)N/N=C\[C@@H]1C[C@@H]2C=C[C@@H]1C2. The molecule has 2 amide bonds. The molecule has 0 radical (unpaired) electrons. The summed E-state index contributed by atoms with van der Waals surface area (Å²) in [6.45, 7) is 0. The van der Waals surface area contributed by atoms with Crippen molar-refractivity contribution in [2.24, 2.45) is 28.6 Å². The minimum absolute atomic E-state index is 0.383. The van der Waals surface area contributed by atoms with Crippen LogP contribution in [0.15, 0.2) is 17.3 Å². The molecular weight excluding hydrogens is 194 g/mol. The van der Waals surface area contributed by atoms with E-state index in [4.69, 9.17) is 5.73 Å². The molecule has 15 heavy (non-hydrogen) atoms. The lowest BCUT2D eigenvalue weighted by Gasteiger charge is -2.11. The third-order valence-electron chi connectivity index (χ3n) is 2.99. The number of hydrazone groups is 1. The smallest absolute Gasteiger partial charge is 0.329 e. The van der Waals surface area contributed by atoms with Gasteiger partial charge in [-0.25, -0.2) is 5.43 Å². The predicted molar refractivity (Wildman–Crippen MR) is 54.7 cm³/mol. The molecule has 0 aromatic heterocycles. The largest absolute Gasteiger partial charge is 0.361 e. The summed E-state index contributed by atoms with van der Waals surface area (Å²) in [5.74, 6) is -0.291. The van der Waals surface area contributed by atoms with E-state index in [1.807, 2.05) is 0 Å². The van der Waals surface area contributed by atoms with Gasteiger partial charge in [-0.15, -0.1) is 0 Å². The molecule has 2 rings (SSSR count). The Morgan fingerprint density at radius 1 is 1.40 bits per heavy atom. The number of rotatable bonds is 2. The number of carbonyl (C=O) groups is 2. The van der Waals surface area contributed by atoms with E-state index in [9.17, 15) is 9.59 Å². The van der Waals surface area contributed by atoms with Crippen LogP contribution in [-0.4, -0.2) is 18.0 Å². The van der Waals surface area contributed by atoms with Gasteiger partial charge in [0, 0.05) is 12.1 Å². The van der Waals surface area contributed by atoms with Crippen LogP contribution in [0.2, 0.25) is 0 Å². The van der Waals surface area contributed by atoms with Gasteiger partial charge < -0.3 is 5.73 Å². The van der Waals surface area contributed by atoms with E-state index in [1.165, 1.54) is 6.42 Å². The Morgan fingerprint density at radius 3 is 2.73 bits per heavy atom. The summed E-state index contributed by atoms with van der Waals surface area (Å²) >= 11 is 0. The van der Waals surface area contributed by atoms with E-state index in [0.717, 1.165) is 6.42 Å². The topological polar surface area (TPSA) is 84.5 Å². The summed E-state index contributed by atoms with van der Waals surface area (Å²) in [6.07, 6.45) is 8.39. The number of primary amides is 1. The maximum absolute atomic E-state index is 10.8. The van der Waals surface area contributed by atoms with Crippen molar-refractivity contribution in [3.63, 3.8) is 0 Å². The Labute approximate surface area is 87.4 Å². The highest BCUT2D eigenvalue weighted by atomic mass is 16.2. The monoisotopic (exact) mass is 207 g/mol. The van der Waals surface area contributed by atoms with Crippen molar-refractivity contribution in [3.8, 4) is 0 Å². The molecule has 5 nitrogen and oxygen atoms in total. The van der Waals surface area contributed by atoms with Crippen LogP contribution in [-0.2, 0) is 9.59 Å². The van der Waals surface area contributed by atoms with E-state index in [2.05, 4.69) is 22.7 Å². The molecule has 2 aliphatic rings. The van der Waals surface area contributed by atoms with Gasteiger partial charge in [0.15, 0.2) is 0 Å². The quantitative estimate of drug-likeness (QED) is 0.284.